The normalized spacial score (nSPS) is 11.8. The van der Waals surface area contributed by atoms with Crippen molar-refractivity contribution < 1.29 is 4.79 Å². The molecule has 0 N–H and O–H groups in total. The standard InChI is InChI=1S/C7H13O.3C4H9.Sn/c1-2-3-4-5-6-7-8;3*1-3-4-2;/h2-6H2,1H3;3*1,3-4H2,2H3;. The summed E-state index contributed by atoms with van der Waals surface area (Å²) in [7, 11) is 0. The van der Waals surface area contributed by atoms with E-state index in [4.69, 9.17) is 0 Å². The van der Waals surface area contributed by atoms with E-state index in [0.717, 1.165) is 16.6 Å². The van der Waals surface area contributed by atoms with Gasteiger partial charge in [-0.3, -0.25) is 0 Å². The third-order valence-electron chi connectivity index (χ3n) is 4.88. The fourth-order valence-electron chi connectivity index (χ4n) is 3.32. The molecule has 1 nitrogen and oxygen atoms in total. The van der Waals surface area contributed by atoms with Crippen LogP contribution in [0.4, 0.5) is 0 Å². The van der Waals surface area contributed by atoms with Crippen LogP contribution in [0.2, 0.25) is 13.3 Å². The molecule has 0 heterocycles. The van der Waals surface area contributed by atoms with Crippen molar-refractivity contribution in [3.05, 3.63) is 0 Å². The fraction of sp³-hybridized carbons (Fsp3) is 0.947. The molecule has 0 rings (SSSR count). The number of rotatable bonds is 15. The van der Waals surface area contributed by atoms with Gasteiger partial charge in [0.1, 0.15) is 0 Å². The molecule has 0 saturated heterocycles. The summed E-state index contributed by atoms with van der Waals surface area (Å²) in [6.45, 7) is 9.08. The van der Waals surface area contributed by atoms with Crippen molar-refractivity contribution in [1.82, 2.24) is 0 Å². The number of carbonyl (C=O) groups is 1. The van der Waals surface area contributed by atoms with Crippen molar-refractivity contribution in [3.63, 3.8) is 0 Å². The van der Waals surface area contributed by atoms with Crippen molar-refractivity contribution in [1.29, 1.82) is 0 Å². The first-order valence-corrected chi connectivity index (χ1v) is 17.2. The molecule has 0 aromatic carbocycles. The van der Waals surface area contributed by atoms with Gasteiger partial charge in [0.15, 0.2) is 0 Å². The molecule has 2 heteroatoms. The molecule has 0 aliphatic heterocycles. The Morgan fingerprint density at radius 3 is 1.43 bits per heavy atom. The SMILES string of the molecule is CCCCCC[C](=O)[Sn]([CH2]CCC)([CH2]CCC)[CH2]CCC. The summed E-state index contributed by atoms with van der Waals surface area (Å²) in [6.07, 6.45) is 13.6. The molecule has 126 valence electrons. The zero-order valence-electron chi connectivity index (χ0n) is 15.3. The van der Waals surface area contributed by atoms with Gasteiger partial charge in [-0.05, 0) is 0 Å². The predicted octanol–water partition coefficient (Wildman–Crippen LogP) is 6.91. The molecular formula is C19H40OSn. The third-order valence-corrected chi connectivity index (χ3v) is 20.2. The van der Waals surface area contributed by atoms with Crippen molar-refractivity contribution in [3.8, 4) is 0 Å². The van der Waals surface area contributed by atoms with Crippen molar-refractivity contribution in [2.24, 2.45) is 0 Å². The summed E-state index contributed by atoms with van der Waals surface area (Å²) >= 11 is -2.52. The number of unbranched alkanes of at least 4 members (excludes halogenated alkanes) is 6. The van der Waals surface area contributed by atoms with E-state index >= 15 is 0 Å². The van der Waals surface area contributed by atoms with Gasteiger partial charge in [-0.1, -0.05) is 0 Å². The van der Waals surface area contributed by atoms with Gasteiger partial charge in [0, 0.05) is 0 Å². The van der Waals surface area contributed by atoms with Crippen LogP contribution in [0.3, 0.4) is 0 Å². The van der Waals surface area contributed by atoms with Gasteiger partial charge in [-0.15, -0.1) is 0 Å². The molecule has 0 spiro atoms. The van der Waals surface area contributed by atoms with E-state index in [1.165, 1.54) is 71.1 Å². The van der Waals surface area contributed by atoms with Crippen LogP contribution in [0.1, 0.15) is 98.3 Å². The van der Waals surface area contributed by atoms with E-state index in [1.54, 1.807) is 0 Å². The Kier molecular flexibility index (Phi) is 14.4. The van der Waals surface area contributed by atoms with E-state index in [9.17, 15) is 4.79 Å². The second-order valence-electron chi connectivity index (χ2n) is 6.82. The zero-order chi connectivity index (χ0) is 16.0. The van der Waals surface area contributed by atoms with Gasteiger partial charge in [-0.2, -0.15) is 0 Å². The van der Waals surface area contributed by atoms with Crippen molar-refractivity contribution in [2.75, 3.05) is 0 Å². The first-order valence-electron chi connectivity index (χ1n) is 9.70. The van der Waals surface area contributed by atoms with E-state index < -0.39 is 18.4 Å². The zero-order valence-corrected chi connectivity index (χ0v) is 18.2. The van der Waals surface area contributed by atoms with Crippen LogP contribution in [0.25, 0.3) is 0 Å². The molecule has 0 saturated carbocycles. The van der Waals surface area contributed by atoms with Crippen LogP contribution in [0.15, 0.2) is 0 Å². The Bertz CT molecular complexity index is 228. The molecule has 0 amide bonds. The molecule has 0 atom stereocenters. The topological polar surface area (TPSA) is 17.1 Å². The molecule has 0 unspecified atom stereocenters. The summed E-state index contributed by atoms with van der Waals surface area (Å²) < 4.78 is 4.84. The van der Waals surface area contributed by atoms with Crippen LogP contribution in [0, 0.1) is 0 Å². The molecule has 0 bridgehead atoms. The Balaban J connectivity index is 4.70. The third kappa shape index (κ3) is 9.25. The first kappa shape index (κ1) is 21.5. The van der Waals surface area contributed by atoms with Gasteiger partial charge in [0.2, 0.25) is 0 Å². The number of carbonyl (C=O) groups excluding carboxylic acids is 1. The number of hydrogen-bond donors (Lipinski definition) is 0. The average Bonchev–Trinajstić information content (AvgIpc) is 2.51. The van der Waals surface area contributed by atoms with Gasteiger partial charge < -0.3 is 0 Å². The van der Waals surface area contributed by atoms with Crippen LogP contribution in [-0.4, -0.2) is 22.2 Å². The summed E-state index contributed by atoms with van der Waals surface area (Å²) in [4.78, 5) is 13.0. The van der Waals surface area contributed by atoms with Crippen molar-refractivity contribution >= 4 is 22.2 Å². The molecule has 21 heavy (non-hydrogen) atoms. The maximum absolute atomic E-state index is 13.0. The summed E-state index contributed by atoms with van der Waals surface area (Å²) in [5, 5.41) is 0. The average molecular weight is 403 g/mol. The Morgan fingerprint density at radius 2 is 1.05 bits per heavy atom. The van der Waals surface area contributed by atoms with Crippen LogP contribution < -0.4 is 0 Å². The maximum atomic E-state index is 13.0. The van der Waals surface area contributed by atoms with Gasteiger partial charge >= 0.3 is 139 Å². The Morgan fingerprint density at radius 1 is 0.619 bits per heavy atom. The second kappa shape index (κ2) is 14.1. The second-order valence-corrected chi connectivity index (χ2v) is 20.0. The fourth-order valence-corrected chi connectivity index (χ4v) is 18.7. The van der Waals surface area contributed by atoms with E-state index in [0.29, 0.717) is 0 Å². The van der Waals surface area contributed by atoms with Gasteiger partial charge in [-0.25, -0.2) is 0 Å². The summed E-state index contributed by atoms with van der Waals surface area (Å²) in [6, 6.07) is 0. The minimum absolute atomic E-state index is 0.802. The molecule has 0 aromatic heterocycles. The molecule has 0 aliphatic carbocycles. The minimum atomic E-state index is -2.52. The van der Waals surface area contributed by atoms with Gasteiger partial charge in [0.05, 0.1) is 0 Å². The monoisotopic (exact) mass is 404 g/mol. The van der Waals surface area contributed by atoms with E-state index in [-0.39, 0.29) is 0 Å². The number of hydrogen-bond acceptors (Lipinski definition) is 1. The Hall–Kier alpha value is 0.469. The van der Waals surface area contributed by atoms with E-state index in [1.807, 2.05) is 0 Å². The summed E-state index contributed by atoms with van der Waals surface area (Å²) in [5.74, 6) is 0. The first-order chi connectivity index (χ1) is 10.2. The van der Waals surface area contributed by atoms with Crippen molar-refractivity contribution in [2.45, 2.75) is 112 Å². The van der Waals surface area contributed by atoms with Gasteiger partial charge in [0.25, 0.3) is 0 Å². The molecule has 0 radical (unpaired) electrons. The predicted molar refractivity (Wildman–Crippen MR) is 98.7 cm³/mol. The van der Waals surface area contributed by atoms with E-state index in [2.05, 4.69) is 27.7 Å². The molecule has 0 aromatic rings. The molecular weight excluding hydrogens is 363 g/mol. The Labute approximate surface area is 138 Å². The van der Waals surface area contributed by atoms with Crippen LogP contribution >= 0.6 is 0 Å². The molecule has 0 fully saturated rings. The van der Waals surface area contributed by atoms with Crippen LogP contribution in [0.5, 0.6) is 0 Å². The van der Waals surface area contributed by atoms with Crippen LogP contribution in [-0.2, 0) is 4.79 Å². The quantitative estimate of drug-likeness (QED) is 0.214. The molecule has 0 aliphatic rings. The summed E-state index contributed by atoms with van der Waals surface area (Å²) in [5.41, 5.74) is 0.